The highest BCUT2D eigenvalue weighted by molar-refractivity contribution is 5.43. The molecule has 5 aromatic carbocycles. The number of phenols is 1. The van der Waals surface area contributed by atoms with Gasteiger partial charge < -0.3 is 15.3 Å². The molecule has 0 saturated carbocycles. The van der Waals surface area contributed by atoms with Gasteiger partial charge in [0.2, 0.25) is 0 Å². The Hall–Kier alpha value is -4.26. The zero-order chi connectivity index (χ0) is 32.3. The number of para-hydroxylation sites is 1. The lowest BCUT2D eigenvalue weighted by Crippen LogP contribution is -2.48. The summed E-state index contributed by atoms with van der Waals surface area (Å²) in [7, 11) is 0. The Balaban J connectivity index is 1.17. The summed E-state index contributed by atoms with van der Waals surface area (Å²) >= 11 is 0. The number of benzene rings is 5. The van der Waals surface area contributed by atoms with Crippen molar-refractivity contribution in [2.45, 2.75) is 62.1 Å². The van der Waals surface area contributed by atoms with Gasteiger partial charge in [-0.1, -0.05) is 140 Å². The van der Waals surface area contributed by atoms with Crippen LogP contribution in [0.2, 0.25) is 0 Å². The van der Waals surface area contributed by atoms with E-state index in [1.807, 2.05) is 140 Å². The Labute approximate surface area is 278 Å². The minimum atomic E-state index is -1.19. The average molecular weight is 625 g/mol. The molecule has 0 amide bonds. The highest BCUT2D eigenvalue weighted by Crippen LogP contribution is 2.43. The second kappa shape index (κ2) is 13.5. The van der Waals surface area contributed by atoms with E-state index in [1.54, 1.807) is 0 Å². The van der Waals surface area contributed by atoms with Gasteiger partial charge in [-0.25, -0.2) is 0 Å². The standard InChI is InChI=1S/C42H44N2O3/c45-40-32(30-43-28-14-26-38(43)41(46,34-18-5-1-6-19-34)35-20-7-2-8-21-35)16-13-17-33(40)31-44-29-15-27-39(44)42(47,36-22-9-3-10-23-36)37-24-11-4-12-25-37/h1-13,16-25,38-39,45-47H,14-15,26-31H2. The highest BCUT2D eigenvalue weighted by Gasteiger charge is 2.47. The predicted molar refractivity (Wildman–Crippen MR) is 187 cm³/mol. The van der Waals surface area contributed by atoms with Crippen LogP contribution >= 0.6 is 0 Å². The third-order valence-electron chi connectivity index (χ3n) is 10.5. The van der Waals surface area contributed by atoms with E-state index >= 15 is 0 Å². The Morgan fingerprint density at radius 2 is 0.787 bits per heavy atom. The van der Waals surface area contributed by atoms with E-state index in [1.165, 1.54) is 0 Å². The van der Waals surface area contributed by atoms with Crippen molar-refractivity contribution < 1.29 is 15.3 Å². The number of hydrogen-bond donors (Lipinski definition) is 3. The number of likely N-dealkylation sites (tertiary alicyclic amines) is 2. The minimum absolute atomic E-state index is 0.148. The molecule has 47 heavy (non-hydrogen) atoms. The molecule has 2 heterocycles. The third-order valence-corrected chi connectivity index (χ3v) is 10.5. The molecule has 0 radical (unpaired) electrons. The second-order valence-electron chi connectivity index (χ2n) is 13.2. The molecule has 3 N–H and O–H groups in total. The average Bonchev–Trinajstić information content (AvgIpc) is 3.81. The number of hydrogen-bond acceptors (Lipinski definition) is 5. The minimum Gasteiger partial charge on any atom is -0.507 e. The van der Waals surface area contributed by atoms with Gasteiger partial charge in [-0.05, 0) is 61.0 Å². The molecule has 0 bridgehead atoms. The highest BCUT2D eigenvalue weighted by atomic mass is 16.3. The fourth-order valence-corrected chi connectivity index (χ4v) is 8.19. The zero-order valence-electron chi connectivity index (χ0n) is 26.8. The Morgan fingerprint density at radius 3 is 1.11 bits per heavy atom. The summed E-state index contributed by atoms with van der Waals surface area (Å²) in [4.78, 5) is 4.67. The number of phenolic OH excluding ortho intramolecular Hbond substituents is 1. The molecule has 2 aliphatic rings. The normalized spacial score (nSPS) is 19.3. The molecule has 0 aliphatic carbocycles. The summed E-state index contributed by atoms with van der Waals surface area (Å²) in [6.07, 6.45) is 3.65. The molecular weight excluding hydrogens is 580 g/mol. The van der Waals surface area contributed by atoms with Gasteiger partial charge >= 0.3 is 0 Å². The molecule has 0 aromatic heterocycles. The van der Waals surface area contributed by atoms with Crippen LogP contribution in [0.4, 0.5) is 0 Å². The number of nitrogens with zero attached hydrogens (tertiary/aromatic N) is 2. The SMILES string of the molecule is Oc1c(CN2CCCC2C(O)(c2ccccc2)c2ccccc2)cccc1CN1CCCC1C(O)(c1ccccc1)c1ccccc1. The van der Waals surface area contributed by atoms with E-state index in [2.05, 4.69) is 9.80 Å². The predicted octanol–water partition coefficient (Wildman–Crippen LogP) is 7.19. The van der Waals surface area contributed by atoms with Crippen molar-refractivity contribution in [3.63, 3.8) is 0 Å². The van der Waals surface area contributed by atoms with E-state index in [-0.39, 0.29) is 12.1 Å². The first-order valence-electron chi connectivity index (χ1n) is 16.9. The molecule has 2 saturated heterocycles. The molecule has 7 rings (SSSR count). The van der Waals surface area contributed by atoms with Crippen LogP contribution in [0.1, 0.15) is 59.1 Å². The van der Waals surface area contributed by atoms with Gasteiger partial charge in [0.25, 0.3) is 0 Å². The van der Waals surface area contributed by atoms with Crippen molar-refractivity contribution in [2.24, 2.45) is 0 Å². The van der Waals surface area contributed by atoms with Crippen molar-refractivity contribution >= 4 is 0 Å². The summed E-state index contributed by atoms with van der Waals surface area (Å²) in [5.74, 6) is 0.301. The van der Waals surface area contributed by atoms with Gasteiger partial charge in [-0.2, -0.15) is 0 Å². The molecular formula is C42H44N2O3. The Kier molecular flexibility index (Phi) is 8.98. The van der Waals surface area contributed by atoms with E-state index in [4.69, 9.17) is 0 Å². The maximum atomic E-state index is 12.6. The van der Waals surface area contributed by atoms with Crippen LogP contribution in [-0.4, -0.2) is 50.3 Å². The van der Waals surface area contributed by atoms with Crippen molar-refractivity contribution in [2.75, 3.05) is 13.1 Å². The maximum Gasteiger partial charge on any atom is 0.130 e. The first kappa shape index (κ1) is 31.3. The summed E-state index contributed by atoms with van der Waals surface area (Å²) < 4.78 is 0. The van der Waals surface area contributed by atoms with Crippen LogP contribution in [-0.2, 0) is 24.3 Å². The smallest absolute Gasteiger partial charge is 0.130 e. The number of aliphatic hydroxyl groups is 2. The molecule has 0 spiro atoms. The van der Waals surface area contributed by atoms with E-state index < -0.39 is 11.2 Å². The largest absolute Gasteiger partial charge is 0.507 e. The van der Waals surface area contributed by atoms with Crippen molar-refractivity contribution in [1.82, 2.24) is 9.80 Å². The van der Waals surface area contributed by atoms with Crippen molar-refractivity contribution in [3.8, 4) is 5.75 Å². The molecule has 2 fully saturated rings. The van der Waals surface area contributed by atoms with Crippen LogP contribution < -0.4 is 0 Å². The van der Waals surface area contributed by atoms with Crippen molar-refractivity contribution in [3.05, 3.63) is 173 Å². The molecule has 2 aliphatic heterocycles. The molecule has 5 nitrogen and oxygen atoms in total. The molecule has 240 valence electrons. The Bertz CT molecular complexity index is 1540. The van der Waals surface area contributed by atoms with Crippen LogP contribution in [0.3, 0.4) is 0 Å². The second-order valence-corrected chi connectivity index (χ2v) is 13.2. The molecule has 5 aromatic rings. The number of rotatable bonds is 10. The van der Waals surface area contributed by atoms with E-state index in [0.29, 0.717) is 18.8 Å². The van der Waals surface area contributed by atoms with Crippen LogP contribution in [0, 0.1) is 0 Å². The quantitative estimate of drug-likeness (QED) is 0.154. The zero-order valence-corrected chi connectivity index (χ0v) is 26.8. The molecule has 2 atom stereocenters. The lowest BCUT2D eigenvalue weighted by atomic mass is 9.79. The topological polar surface area (TPSA) is 67.2 Å². The van der Waals surface area contributed by atoms with Crippen LogP contribution in [0.15, 0.2) is 140 Å². The van der Waals surface area contributed by atoms with Gasteiger partial charge in [0.05, 0.1) is 0 Å². The lowest BCUT2D eigenvalue weighted by molar-refractivity contribution is -0.00733. The third kappa shape index (κ3) is 5.90. The maximum absolute atomic E-state index is 12.6. The summed E-state index contributed by atoms with van der Waals surface area (Å²) in [6, 6.07) is 45.7. The fraction of sp³-hybridized carbons (Fsp3) is 0.286. The van der Waals surface area contributed by atoms with Gasteiger partial charge in [0, 0.05) is 36.3 Å². The monoisotopic (exact) mass is 624 g/mol. The van der Waals surface area contributed by atoms with Gasteiger partial charge in [0.1, 0.15) is 17.0 Å². The Morgan fingerprint density at radius 1 is 0.468 bits per heavy atom. The van der Waals surface area contributed by atoms with Crippen LogP contribution in [0.25, 0.3) is 0 Å². The molecule has 2 unspecified atom stereocenters. The van der Waals surface area contributed by atoms with Crippen LogP contribution in [0.5, 0.6) is 5.75 Å². The van der Waals surface area contributed by atoms with Gasteiger partial charge in [-0.15, -0.1) is 0 Å². The first-order chi connectivity index (χ1) is 23.0. The van der Waals surface area contributed by atoms with E-state index in [9.17, 15) is 15.3 Å². The van der Waals surface area contributed by atoms with Gasteiger partial charge in [-0.3, -0.25) is 9.80 Å². The fourth-order valence-electron chi connectivity index (χ4n) is 8.19. The molecule has 5 heteroatoms. The first-order valence-corrected chi connectivity index (χ1v) is 16.9. The van der Waals surface area contributed by atoms with Crippen molar-refractivity contribution in [1.29, 1.82) is 0 Å². The summed E-state index contributed by atoms with van der Waals surface area (Å²) in [6.45, 7) is 2.75. The lowest BCUT2D eigenvalue weighted by Gasteiger charge is -2.41. The summed E-state index contributed by atoms with van der Waals surface area (Å²) in [5, 5.41) is 36.9. The number of aromatic hydroxyl groups is 1. The summed E-state index contributed by atoms with van der Waals surface area (Å²) in [5.41, 5.74) is 2.86. The van der Waals surface area contributed by atoms with E-state index in [0.717, 1.165) is 72.2 Å². The van der Waals surface area contributed by atoms with Gasteiger partial charge in [0.15, 0.2) is 0 Å².